The second-order valence-electron chi connectivity index (χ2n) is 4.64. The first-order valence-corrected chi connectivity index (χ1v) is 8.23. The molecule has 0 spiro atoms. The third-order valence-corrected chi connectivity index (χ3v) is 5.03. The smallest absolute Gasteiger partial charge is 0.150 e. The van der Waals surface area contributed by atoms with E-state index < -0.39 is 9.84 Å². The van der Waals surface area contributed by atoms with Crippen molar-refractivity contribution in [2.45, 2.75) is 26.2 Å². The van der Waals surface area contributed by atoms with E-state index in [9.17, 15) is 8.42 Å². The Bertz CT molecular complexity index is 468. The van der Waals surface area contributed by atoms with Crippen molar-refractivity contribution in [2.75, 3.05) is 25.1 Å². The zero-order valence-corrected chi connectivity index (χ0v) is 12.3. The minimum absolute atomic E-state index is 0.229. The Kier molecular flexibility index (Phi) is 5.82. The van der Waals surface area contributed by atoms with Gasteiger partial charge in [0.2, 0.25) is 0 Å². The van der Waals surface area contributed by atoms with Crippen LogP contribution in [0.4, 0.5) is 0 Å². The molecule has 0 saturated carbocycles. The van der Waals surface area contributed by atoms with Gasteiger partial charge in [0.05, 0.1) is 5.75 Å². The summed E-state index contributed by atoms with van der Waals surface area (Å²) in [6.07, 6.45) is 0.682. The predicted octanol–water partition coefficient (Wildman–Crippen LogP) is 2.12. The lowest BCUT2D eigenvalue weighted by Crippen LogP contribution is -2.21. The number of aryl methyl sites for hydroxylation is 1. The molecule has 0 aromatic heterocycles. The van der Waals surface area contributed by atoms with Crippen molar-refractivity contribution < 1.29 is 8.42 Å². The van der Waals surface area contributed by atoms with E-state index in [0.717, 1.165) is 6.54 Å². The molecular weight excluding hydrogens is 246 g/mol. The second-order valence-corrected chi connectivity index (χ2v) is 7.11. The number of rotatable bonds is 7. The summed E-state index contributed by atoms with van der Waals surface area (Å²) >= 11 is 0. The average Bonchev–Trinajstić information content (AvgIpc) is 2.35. The summed E-state index contributed by atoms with van der Waals surface area (Å²) in [5.41, 5.74) is 2.48. The van der Waals surface area contributed by atoms with E-state index in [1.807, 2.05) is 19.2 Å². The quantitative estimate of drug-likeness (QED) is 0.825. The monoisotopic (exact) mass is 269 g/mol. The number of hydrogen-bond donors (Lipinski definition) is 1. The van der Waals surface area contributed by atoms with Crippen LogP contribution < -0.4 is 5.32 Å². The summed E-state index contributed by atoms with van der Waals surface area (Å²) < 4.78 is 23.2. The summed E-state index contributed by atoms with van der Waals surface area (Å²) in [5, 5.41) is 3.15. The fourth-order valence-electron chi connectivity index (χ4n) is 2.12. The zero-order valence-electron chi connectivity index (χ0n) is 11.4. The van der Waals surface area contributed by atoms with E-state index in [2.05, 4.69) is 24.4 Å². The molecule has 1 rings (SSSR count). The third-order valence-electron chi connectivity index (χ3n) is 3.30. The number of benzene rings is 1. The van der Waals surface area contributed by atoms with Crippen molar-refractivity contribution in [1.29, 1.82) is 0 Å². The van der Waals surface area contributed by atoms with E-state index in [-0.39, 0.29) is 17.4 Å². The first kappa shape index (κ1) is 15.2. The van der Waals surface area contributed by atoms with Crippen molar-refractivity contribution in [3.8, 4) is 0 Å². The molecule has 4 heteroatoms. The van der Waals surface area contributed by atoms with Gasteiger partial charge in [-0.1, -0.05) is 31.2 Å². The molecule has 0 bridgehead atoms. The van der Waals surface area contributed by atoms with Crippen LogP contribution in [-0.4, -0.2) is 33.5 Å². The van der Waals surface area contributed by atoms with E-state index in [1.165, 1.54) is 11.1 Å². The van der Waals surface area contributed by atoms with Crippen molar-refractivity contribution in [1.82, 2.24) is 5.32 Å². The van der Waals surface area contributed by atoms with Crippen molar-refractivity contribution in [3.05, 3.63) is 35.4 Å². The van der Waals surface area contributed by atoms with Gasteiger partial charge in [-0.2, -0.15) is 0 Å². The van der Waals surface area contributed by atoms with Crippen LogP contribution in [0.25, 0.3) is 0 Å². The maximum Gasteiger partial charge on any atom is 0.150 e. The van der Waals surface area contributed by atoms with E-state index in [0.29, 0.717) is 6.42 Å². The lowest BCUT2D eigenvalue weighted by molar-refractivity contribution is 0.574. The third kappa shape index (κ3) is 4.42. The molecule has 0 heterocycles. The minimum atomic E-state index is -2.88. The van der Waals surface area contributed by atoms with Gasteiger partial charge >= 0.3 is 0 Å². The summed E-state index contributed by atoms with van der Waals surface area (Å²) in [6.45, 7) is 4.59. The molecule has 0 amide bonds. The van der Waals surface area contributed by atoms with Crippen LogP contribution in [0.2, 0.25) is 0 Å². The van der Waals surface area contributed by atoms with Crippen LogP contribution in [0, 0.1) is 6.92 Å². The Hall–Kier alpha value is -0.870. The molecule has 1 aromatic carbocycles. The Morgan fingerprint density at radius 1 is 1.28 bits per heavy atom. The van der Waals surface area contributed by atoms with Gasteiger partial charge in [0.25, 0.3) is 0 Å². The topological polar surface area (TPSA) is 46.2 Å². The van der Waals surface area contributed by atoms with Crippen LogP contribution in [0.3, 0.4) is 0 Å². The first-order chi connectivity index (χ1) is 8.50. The molecule has 1 atom stereocenters. The normalized spacial score (nSPS) is 13.5. The van der Waals surface area contributed by atoms with Gasteiger partial charge in [0, 0.05) is 12.3 Å². The van der Waals surface area contributed by atoms with Crippen molar-refractivity contribution in [2.24, 2.45) is 0 Å². The first-order valence-electron chi connectivity index (χ1n) is 6.40. The van der Waals surface area contributed by atoms with Crippen LogP contribution in [0.1, 0.15) is 30.4 Å². The highest BCUT2D eigenvalue weighted by molar-refractivity contribution is 7.91. The molecule has 0 radical (unpaired) electrons. The molecule has 0 saturated heterocycles. The molecule has 102 valence electrons. The Morgan fingerprint density at radius 3 is 2.50 bits per heavy atom. The largest absolute Gasteiger partial charge is 0.319 e. The van der Waals surface area contributed by atoms with E-state index in [1.54, 1.807) is 6.92 Å². The van der Waals surface area contributed by atoms with Gasteiger partial charge < -0.3 is 5.32 Å². The lowest BCUT2D eigenvalue weighted by atomic mass is 9.92. The van der Waals surface area contributed by atoms with Crippen LogP contribution in [-0.2, 0) is 9.84 Å². The van der Waals surface area contributed by atoms with Gasteiger partial charge in [-0.15, -0.1) is 0 Å². The van der Waals surface area contributed by atoms with Gasteiger partial charge in [-0.25, -0.2) is 8.42 Å². The van der Waals surface area contributed by atoms with Gasteiger partial charge in [-0.05, 0) is 37.4 Å². The van der Waals surface area contributed by atoms with Gasteiger partial charge in [0.15, 0.2) is 0 Å². The Balaban J connectivity index is 2.81. The standard InChI is InChI=1S/C14H23NO2S/c1-4-18(16,17)10-9-13(11-15-3)14-8-6-5-7-12(14)2/h5-8,13,15H,4,9-11H2,1-3H3. The second kappa shape index (κ2) is 6.90. The molecular formula is C14H23NO2S. The number of hydrogen-bond acceptors (Lipinski definition) is 3. The fraction of sp³-hybridized carbons (Fsp3) is 0.571. The van der Waals surface area contributed by atoms with E-state index >= 15 is 0 Å². The average molecular weight is 269 g/mol. The Labute approximate surface area is 111 Å². The highest BCUT2D eigenvalue weighted by Crippen LogP contribution is 2.23. The molecule has 0 aliphatic heterocycles. The van der Waals surface area contributed by atoms with Crippen LogP contribution in [0.15, 0.2) is 24.3 Å². The summed E-state index contributed by atoms with van der Waals surface area (Å²) in [6, 6.07) is 8.19. The van der Waals surface area contributed by atoms with Crippen LogP contribution in [0.5, 0.6) is 0 Å². The zero-order chi connectivity index (χ0) is 13.6. The highest BCUT2D eigenvalue weighted by atomic mass is 32.2. The van der Waals surface area contributed by atoms with Gasteiger partial charge in [-0.3, -0.25) is 0 Å². The summed E-state index contributed by atoms with van der Waals surface area (Å²) in [7, 11) is -0.979. The molecule has 1 aromatic rings. The molecule has 3 nitrogen and oxygen atoms in total. The maximum atomic E-state index is 11.6. The number of likely N-dealkylation sites (N-methyl/N-ethyl adjacent to an activating group) is 1. The Morgan fingerprint density at radius 2 is 1.94 bits per heavy atom. The molecule has 18 heavy (non-hydrogen) atoms. The van der Waals surface area contributed by atoms with Crippen LogP contribution >= 0.6 is 0 Å². The van der Waals surface area contributed by atoms with E-state index in [4.69, 9.17) is 0 Å². The van der Waals surface area contributed by atoms with Crippen molar-refractivity contribution in [3.63, 3.8) is 0 Å². The SMILES string of the molecule is CCS(=O)(=O)CCC(CNC)c1ccccc1C. The molecule has 1 unspecified atom stereocenters. The summed E-state index contributed by atoms with van der Waals surface area (Å²) in [4.78, 5) is 0. The summed E-state index contributed by atoms with van der Waals surface area (Å²) in [5.74, 6) is 0.759. The predicted molar refractivity (Wildman–Crippen MR) is 76.8 cm³/mol. The fourth-order valence-corrected chi connectivity index (χ4v) is 3.06. The van der Waals surface area contributed by atoms with Gasteiger partial charge in [0.1, 0.15) is 9.84 Å². The maximum absolute atomic E-state index is 11.6. The lowest BCUT2D eigenvalue weighted by Gasteiger charge is -2.19. The molecule has 0 aliphatic carbocycles. The number of nitrogens with one attached hydrogen (secondary N) is 1. The molecule has 1 N–H and O–H groups in total. The highest BCUT2D eigenvalue weighted by Gasteiger charge is 2.16. The molecule has 0 fully saturated rings. The van der Waals surface area contributed by atoms with Crippen molar-refractivity contribution >= 4 is 9.84 Å². The minimum Gasteiger partial charge on any atom is -0.319 e. The number of sulfone groups is 1. The molecule has 0 aliphatic rings.